The fourth-order valence-corrected chi connectivity index (χ4v) is 4.18. The molecule has 2 saturated carbocycles. The molecule has 0 unspecified atom stereocenters. The summed E-state index contributed by atoms with van der Waals surface area (Å²) in [5.74, 6) is 1.63. The van der Waals surface area contributed by atoms with Gasteiger partial charge in [-0.2, -0.15) is 0 Å². The molecule has 1 atom stereocenters. The Morgan fingerprint density at radius 1 is 1.09 bits per heavy atom. The smallest absolute Gasteiger partial charge is 0.254 e. The molecule has 1 saturated heterocycles. The molecular weight excluding hydrogens is 284 g/mol. The second kappa shape index (κ2) is 6.64. The molecular formula is C20H28N2O. The maximum atomic E-state index is 13.4. The van der Waals surface area contributed by atoms with E-state index in [0.29, 0.717) is 12.0 Å². The zero-order valence-corrected chi connectivity index (χ0v) is 14.0. The topological polar surface area (TPSA) is 32.3 Å². The normalized spacial score (nSPS) is 25.0. The first kappa shape index (κ1) is 15.2. The van der Waals surface area contributed by atoms with Crippen LogP contribution in [0.1, 0.15) is 66.8 Å². The van der Waals surface area contributed by atoms with Gasteiger partial charge in [0.15, 0.2) is 0 Å². The minimum absolute atomic E-state index is 0.285. The van der Waals surface area contributed by atoms with E-state index >= 15 is 0 Å². The molecule has 3 nitrogen and oxygen atoms in total. The van der Waals surface area contributed by atoms with Crippen LogP contribution in [0.2, 0.25) is 0 Å². The summed E-state index contributed by atoms with van der Waals surface area (Å²) in [4.78, 5) is 15.6. The quantitative estimate of drug-likeness (QED) is 0.901. The first-order valence-corrected chi connectivity index (χ1v) is 9.43. The summed E-state index contributed by atoms with van der Waals surface area (Å²) in [6.45, 7) is 2.97. The van der Waals surface area contributed by atoms with Crippen LogP contribution in [0, 0.1) is 5.92 Å². The summed E-state index contributed by atoms with van der Waals surface area (Å²) in [7, 11) is 0. The van der Waals surface area contributed by atoms with Crippen molar-refractivity contribution in [2.24, 2.45) is 5.92 Å². The maximum absolute atomic E-state index is 13.4. The van der Waals surface area contributed by atoms with Gasteiger partial charge in [0.25, 0.3) is 5.91 Å². The molecule has 0 spiro atoms. The van der Waals surface area contributed by atoms with Gasteiger partial charge in [-0.25, -0.2) is 0 Å². The van der Waals surface area contributed by atoms with Gasteiger partial charge in [-0.1, -0.05) is 31.0 Å². The lowest BCUT2D eigenvalue weighted by molar-refractivity contribution is 0.0613. The summed E-state index contributed by atoms with van der Waals surface area (Å²) >= 11 is 0. The molecule has 23 heavy (non-hydrogen) atoms. The largest absolute Gasteiger partial charge is 0.334 e. The SMILES string of the molecule is O=C(c1ccccc1C1CCC1)N(CC1CCC1)[C@H]1CCNC1. The summed E-state index contributed by atoms with van der Waals surface area (Å²) in [6, 6.07) is 8.76. The van der Waals surface area contributed by atoms with Crippen LogP contribution in [-0.4, -0.2) is 36.5 Å². The minimum Gasteiger partial charge on any atom is -0.334 e. The van der Waals surface area contributed by atoms with Gasteiger partial charge >= 0.3 is 0 Å². The second-order valence-electron chi connectivity index (χ2n) is 7.62. The van der Waals surface area contributed by atoms with E-state index in [4.69, 9.17) is 0 Å². The summed E-state index contributed by atoms with van der Waals surface area (Å²) in [5.41, 5.74) is 2.27. The van der Waals surface area contributed by atoms with Crippen molar-refractivity contribution in [3.63, 3.8) is 0 Å². The van der Waals surface area contributed by atoms with Gasteiger partial charge in [-0.15, -0.1) is 0 Å². The predicted octanol–water partition coefficient (Wildman–Crippen LogP) is 3.56. The van der Waals surface area contributed by atoms with Gasteiger partial charge in [0.2, 0.25) is 0 Å². The van der Waals surface area contributed by atoms with Gasteiger partial charge in [-0.05, 0) is 62.1 Å². The molecule has 0 aromatic heterocycles. The molecule has 124 valence electrons. The Balaban J connectivity index is 1.58. The van der Waals surface area contributed by atoms with Crippen molar-refractivity contribution in [3.8, 4) is 0 Å². The molecule has 4 rings (SSSR count). The first-order chi connectivity index (χ1) is 11.3. The fraction of sp³-hybridized carbons (Fsp3) is 0.650. The molecule has 2 aliphatic carbocycles. The standard InChI is InChI=1S/C20H28N2O/c23-20(19-10-2-1-9-18(19)16-7-4-8-16)22(14-15-5-3-6-15)17-11-12-21-13-17/h1-2,9-10,15-17,21H,3-8,11-14H2/t17-/m0/s1. The number of carbonyl (C=O) groups excluding carboxylic acids is 1. The van der Waals surface area contributed by atoms with E-state index < -0.39 is 0 Å². The van der Waals surface area contributed by atoms with Crippen molar-refractivity contribution in [1.82, 2.24) is 10.2 Å². The lowest BCUT2D eigenvalue weighted by Crippen LogP contribution is -2.45. The number of benzene rings is 1. The van der Waals surface area contributed by atoms with Gasteiger partial charge in [-0.3, -0.25) is 4.79 Å². The van der Waals surface area contributed by atoms with Crippen LogP contribution in [0.15, 0.2) is 24.3 Å². The number of nitrogens with one attached hydrogen (secondary N) is 1. The van der Waals surface area contributed by atoms with Gasteiger partial charge < -0.3 is 10.2 Å². The highest BCUT2D eigenvalue weighted by Crippen LogP contribution is 2.38. The summed E-state index contributed by atoms with van der Waals surface area (Å²) in [5, 5.41) is 3.43. The van der Waals surface area contributed by atoms with Crippen molar-refractivity contribution >= 4 is 5.91 Å². The number of amides is 1. The highest BCUT2D eigenvalue weighted by Gasteiger charge is 2.33. The van der Waals surface area contributed by atoms with Crippen LogP contribution in [0.25, 0.3) is 0 Å². The highest BCUT2D eigenvalue weighted by molar-refractivity contribution is 5.96. The third-order valence-corrected chi connectivity index (χ3v) is 6.15. The van der Waals surface area contributed by atoms with E-state index in [1.807, 2.05) is 6.07 Å². The molecule has 1 aromatic rings. The number of hydrogen-bond acceptors (Lipinski definition) is 2. The van der Waals surface area contributed by atoms with Crippen molar-refractivity contribution < 1.29 is 4.79 Å². The maximum Gasteiger partial charge on any atom is 0.254 e. The van der Waals surface area contributed by atoms with E-state index in [-0.39, 0.29) is 5.91 Å². The average molecular weight is 312 g/mol. The zero-order chi connectivity index (χ0) is 15.6. The fourth-order valence-electron chi connectivity index (χ4n) is 4.18. The molecule has 1 aliphatic heterocycles. The van der Waals surface area contributed by atoms with E-state index in [9.17, 15) is 4.79 Å². The molecule has 3 fully saturated rings. The van der Waals surface area contributed by atoms with Crippen LogP contribution in [0.4, 0.5) is 0 Å². The van der Waals surface area contributed by atoms with Crippen LogP contribution in [0.3, 0.4) is 0 Å². The number of nitrogens with zero attached hydrogens (tertiary/aromatic N) is 1. The Morgan fingerprint density at radius 2 is 1.87 bits per heavy atom. The lowest BCUT2D eigenvalue weighted by Gasteiger charge is -2.37. The number of carbonyl (C=O) groups is 1. The van der Waals surface area contributed by atoms with Crippen molar-refractivity contribution in [2.45, 2.75) is 56.9 Å². The Labute approximate surface area is 139 Å². The molecule has 3 aliphatic rings. The molecule has 0 radical (unpaired) electrons. The Morgan fingerprint density at radius 3 is 2.48 bits per heavy atom. The summed E-state index contributed by atoms with van der Waals surface area (Å²) < 4.78 is 0. The highest BCUT2D eigenvalue weighted by atomic mass is 16.2. The van der Waals surface area contributed by atoms with Crippen LogP contribution < -0.4 is 5.32 Å². The Kier molecular flexibility index (Phi) is 4.39. The molecule has 0 bridgehead atoms. The Bertz CT molecular complexity index is 557. The average Bonchev–Trinajstić information content (AvgIpc) is 2.98. The van der Waals surface area contributed by atoms with Crippen molar-refractivity contribution in [2.75, 3.05) is 19.6 Å². The monoisotopic (exact) mass is 312 g/mol. The zero-order valence-electron chi connectivity index (χ0n) is 14.0. The Hall–Kier alpha value is -1.35. The molecule has 3 heteroatoms. The first-order valence-electron chi connectivity index (χ1n) is 9.43. The lowest BCUT2D eigenvalue weighted by atomic mass is 9.78. The van der Waals surface area contributed by atoms with Crippen LogP contribution >= 0.6 is 0 Å². The van der Waals surface area contributed by atoms with Crippen molar-refractivity contribution in [3.05, 3.63) is 35.4 Å². The minimum atomic E-state index is 0.285. The molecule has 1 aromatic carbocycles. The second-order valence-corrected chi connectivity index (χ2v) is 7.62. The van der Waals surface area contributed by atoms with Gasteiger partial charge in [0.05, 0.1) is 0 Å². The number of hydrogen-bond donors (Lipinski definition) is 1. The van der Waals surface area contributed by atoms with E-state index in [2.05, 4.69) is 28.4 Å². The van der Waals surface area contributed by atoms with Gasteiger partial charge in [0.1, 0.15) is 0 Å². The predicted molar refractivity (Wildman–Crippen MR) is 92.7 cm³/mol. The summed E-state index contributed by atoms with van der Waals surface area (Å²) in [6.07, 6.45) is 8.85. The molecule has 1 amide bonds. The third-order valence-electron chi connectivity index (χ3n) is 6.15. The van der Waals surface area contributed by atoms with E-state index in [0.717, 1.165) is 37.5 Å². The van der Waals surface area contributed by atoms with E-state index in [1.165, 1.54) is 44.1 Å². The number of rotatable bonds is 5. The van der Waals surface area contributed by atoms with Gasteiger partial charge in [0, 0.05) is 24.7 Å². The van der Waals surface area contributed by atoms with Crippen LogP contribution in [-0.2, 0) is 0 Å². The third kappa shape index (κ3) is 3.03. The molecule has 1 N–H and O–H groups in total. The molecule has 1 heterocycles. The van der Waals surface area contributed by atoms with Crippen molar-refractivity contribution in [1.29, 1.82) is 0 Å². The van der Waals surface area contributed by atoms with Crippen LogP contribution in [0.5, 0.6) is 0 Å². The van der Waals surface area contributed by atoms with E-state index in [1.54, 1.807) is 0 Å².